The van der Waals surface area contributed by atoms with Crippen LogP contribution in [0.5, 0.6) is 0 Å². The molecule has 0 saturated heterocycles. The monoisotopic (exact) mass is 348 g/mol. The molecule has 1 aromatic carbocycles. The summed E-state index contributed by atoms with van der Waals surface area (Å²) >= 11 is 0. The Balaban J connectivity index is 2.55. The number of nitrogens with zero attached hydrogens (tertiary/aromatic N) is 1. The van der Waals surface area contributed by atoms with Crippen molar-refractivity contribution in [2.75, 3.05) is 31.5 Å². The maximum atomic E-state index is 12.2. The summed E-state index contributed by atoms with van der Waals surface area (Å²) in [5.41, 5.74) is 6.33. The first kappa shape index (κ1) is 21.1. The summed E-state index contributed by atoms with van der Waals surface area (Å²) in [6.07, 6.45) is 1.46. The highest BCUT2D eigenvalue weighted by Crippen LogP contribution is 2.14. The van der Waals surface area contributed by atoms with Crippen LogP contribution in [0.4, 0.5) is 5.69 Å². The fraction of sp³-hybridized carbons (Fsp3) is 0.579. The van der Waals surface area contributed by atoms with Gasteiger partial charge in [-0.3, -0.25) is 9.59 Å². The number of rotatable bonds is 10. The molecule has 0 radical (unpaired) electrons. The predicted molar refractivity (Wildman–Crippen MR) is 103 cm³/mol. The molecule has 4 N–H and O–H groups in total. The smallest absolute Gasteiger partial charge is 0.251 e. The molecule has 1 aromatic rings. The Labute approximate surface area is 151 Å². The Morgan fingerprint density at radius 2 is 1.72 bits per heavy atom. The average Bonchev–Trinajstić information content (AvgIpc) is 2.59. The summed E-state index contributed by atoms with van der Waals surface area (Å²) in [7, 11) is 0. The quantitative estimate of drug-likeness (QED) is 0.605. The molecule has 0 heterocycles. The second kappa shape index (κ2) is 10.2. The van der Waals surface area contributed by atoms with Crippen LogP contribution < -0.4 is 16.4 Å². The molecule has 1 atom stereocenters. The molecular formula is C19H32N4O2. The van der Waals surface area contributed by atoms with E-state index in [-0.39, 0.29) is 11.8 Å². The lowest BCUT2D eigenvalue weighted by Gasteiger charge is -2.22. The first-order chi connectivity index (χ1) is 11.8. The van der Waals surface area contributed by atoms with E-state index < -0.39 is 5.54 Å². The van der Waals surface area contributed by atoms with Crippen molar-refractivity contribution < 1.29 is 9.59 Å². The van der Waals surface area contributed by atoms with Crippen molar-refractivity contribution in [1.82, 2.24) is 10.2 Å². The minimum Gasteiger partial charge on any atom is -0.351 e. The summed E-state index contributed by atoms with van der Waals surface area (Å²) in [5, 5.41) is 5.72. The van der Waals surface area contributed by atoms with Crippen LogP contribution in [-0.2, 0) is 4.79 Å². The lowest BCUT2D eigenvalue weighted by atomic mass is 9.96. The Morgan fingerprint density at radius 1 is 1.12 bits per heavy atom. The highest BCUT2D eigenvalue weighted by Gasteiger charge is 2.27. The van der Waals surface area contributed by atoms with E-state index >= 15 is 0 Å². The second-order valence-corrected chi connectivity index (χ2v) is 6.48. The maximum absolute atomic E-state index is 12.2. The summed E-state index contributed by atoms with van der Waals surface area (Å²) in [4.78, 5) is 26.6. The van der Waals surface area contributed by atoms with Gasteiger partial charge in [0.05, 0.1) is 5.54 Å². The van der Waals surface area contributed by atoms with Gasteiger partial charge in [0.25, 0.3) is 5.91 Å². The highest BCUT2D eigenvalue weighted by molar-refractivity contribution is 5.98. The number of carbonyl (C=O) groups excluding carboxylic acids is 2. The van der Waals surface area contributed by atoms with Gasteiger partial charge in [-0.25, -0.2) is 0 Å². The van der Waals surface area contributed by atoms with Crippen molar-refractivity contribution in [1.29, 1.82) is 0 Å². The minimum atomic E-state index is -0.894. The molecule has 6 heteroatoms. The van der Waals surface area contributed by atoms with Crippen molar-refractivity contribution in [3.8, 4) is 0 Å². The van der Waals surface area contributed by atoms with Gasteiger partial charge in [-0.2, -0.15) is 0 Å². The van der Waals surface area contributed by atoms with Gasteiger partial charge in [0.15, 0.2) is 0 Å². The fourth-order valence-corrected chi connectivity index (χ4v) is 2.58. The molecule has 0 aromatic heterocycles. The Bertz CT molecular complexity index is 551. The number of hydrogen-bond acceptors (Lipinski definition) is 4. The largest absolute Gasteiger partial charge is 0.351 e. The third-order valence-electron chi connectivity index (χ3n) is 4.30. The van der Waals surface area contributed by atoms with Gasteiger partial charge in [0.1, 0.15) is 0 Å². The predicted octanol–water partition coefficient (Wildman–Crippen LogP) is 2.21. The zero-order chi connectivity index (χ0) is 18.9. The fourth-order valence-electron chi connectivity index (χ4n) is 2.58. The molecule has 25 heavy (non-hydrogen) atoms. The lowest BCUT2D eigenvalue weighted by Crippen LogP contribution is -2.48. The van der Waals surface area contributed by atoms with Crippen molar-refractivity contribution >= 4 is 17.5 Å². The zero-order valence-corrected chi connectivity index (χ0v) is 15.9. The molecule has 6 nitrogen and oxygen atoms in total. The molecular weight excluding hydrogens is 316 g/mol. The first-order valence-electron chi connectivity index (χ1n) is 9.05. The van der Waals surface area contributed by atoms with Crippen LogP contribution in [0.2, 0.25) is 0 Å². The van der Waals surface area contributed by atoms with Crippen LogP contribution in [0.3, 0.4) is 0 Å². The normalized spacial score (nSPS) is 13.4. The number of anilines is 1. The van der Waals surface area contributed by atoms with Gasteiger partial charge >= 0.3 is 0 Å². The summed E-state index contributed by atoms with van der Waals surface area (Å²) in [6.45, 7) is 11.3. The molecule has 0 aliphatic rings. The molecule has 0 aliphatic heterocycles. The average molecular weight is 348 g/mol. The molecule has 1 rings (SSSR count). The number of nitrogens with one attached hydrogen (secondary N) is 2. The van der Waals surface area contributed by atoms with Crippen molar-refractivity contribution in [3.05, 3.63) is 29.8 Å². The minimum absolute atomic E-state index is 0.111. The van der Waals surface area contributed by atoms with Gasteiger partial charge in [-0.05, 0) is 50.7 Å². The highest BCUT2D eigenvalue weighted by atomic mass is 16.2. The third-order valence-corrected chi connectivity index (χ3v) is 4.30. The molecule has 0 fully saturated rings. The number of carbonyl (C=O) groups is 2. The van der Waals surface area contributed by atoms with E-state index in [1.54, 1.807) is 31.2 Å². The summed E-state index contributed by atoms with van der Waals surface area (Å²) in [6, 6.07) is 6.85. The second-order valence-electron chi connectivity index (χ2n) is 6.48. The Morgan fingerprint density at radius 3 is 2.24 bits per heavy atom. The lowest BCUT2D eigenvalue weighted by molar-refractivity contribution is -0.120. The SMILES string of the molecule is CCCC(C)(N)C(=O)Nc1ccc(C(=O)NCCN(CC)CC)cc1. The van der Waals surface area contributed by atoms with E-state index in [4.69, 9.17) is 5.73 Å². The summed E-state index contributed by atoms with van der Waals surface area (Å²) < 4.78 is 0. The number of amides is 2. The van der Waals surface area contributed by atoms with Crippen LogP contribution in [0.1, 0.15) is 50.9 Å². The van der Waals surface area contributed by atoms with E-state index in [0.717, 1.165) is 26.1 Å². The summed E-state index contributed by atoms with van der Waals surface area (Å²) in [5.74, 6) is -0.328. The van der Waals surface area contributed by atoms with Crippen LogP contribution in [0, 0.1) is 0 Å². The number of nitrogens with two attached hydrogens (primary N) is 1. The van der Waals surface area contributed by atoms with E-state index in [9.17, 15) is 9.59 Å². The van der Waals surface area contributed by atoms with Crippen LogP contribution in [0.15, 0.2) is 24.3 Å². The molecule has 0 bridgehead atoms. The van der Waals surface area contributed by atoms with Crippen LogP contribution >= 0.6 is 0 Å². The standard InChI is InChI=1S/C19H32N4O2/c1-5-12-19(4,20)18(25)22-16-10-8-15(9-11-16)17(24)21-13-14-23(6-2)7-3/h8-11H,5-7,12-14,20H2,1-4H3,(H,21,24)(H,22,25). The van der Waals surface area contributed by atoms with Gasteiger partial charge in [-0.15, -0.1) is 0 Å². The van der Waals surface area contributed by atoms with E-state index in [1.807, 2.05) is 6.92 Å². The van der Waals surface area contributed by atoms with Gasteiger partial charge in [-0.1, -0.05) is 27.2 Å². The van der Waals surface area contributed by atoms with E-state index in [1.165, 1.54) is 0 Å². The van der Waals surface area contributed by atoms with Gasteiger partial charge in [0, 0.05) is 24.3 Å². The van der Waals surface area contributed by atoms with Gasteiger partial charge < -0.3 is 21.3 Å². The third kappa shape index (κ3) is 6.84. The zero-order valence-electron chi connectivity index (χ0n) is 15.9. The van der Waals surface area contributed by atoms with Crippen molar-refractivity contribution in [2.24, 2.45) is 5.73 Å². The number of likely N-dealkylation sites (N-methyl/N-ethyl adjacent to an activating group) is 1. The maximum Gasteiger partial charge on any atom is 0.251 e. The Kier molecular flexibility index (Phi) is 8.58. The first-order valence-corrected chi connectivity index (χ1v) is 9.05. The molecule has 0 aliphatic carbocycles. The molecule has 0 saturated carbocycles. The van der Waals surface area contributed by atoms with E-state index in [0.29, 0.717) is 24.2 Å². The van der Waals surface area contributed by atoms with Crippen LogP contribution in [0.25, 0.3) is 0 Å². The van der Waals surface area contributed by atoms with Crippen molar-refractivity contribution in [2.45, 2.75) is 46.1 Å². The molecule has 2 amide bonds. The van der Waals surface area contributed by atoms with Crippen LogP contribution in [-0.4, -0.2) is 48.4 Å². The Hall–Kier alpha value is -1.92. The molecule has 0 spiro atoms. The molecule has 140 valence electrons. The topological polar surface area (TPSA) is 87.5 Å². The number of hydrogen-bond donors (Lipinski definition) is 3. The molecule has 1 unspecified atom stereocenters. The van der Waals surface area contributed by atoms with Gasteiger partial charge in [0.2, 0.25) is 5.91 Å². The number of benzene rings is 1. The van der Waals surface area contributed by atoms with Crippen molar-refractivity contribution in [3.63, 3.8) is 0 Å². The van der Waals surface area contributed by atoms with E-state index in [2.05, 4.69) is 29.4 Å².